The minimum atomic E-state index is 0.0518. The van der Waals surface area contributed by atoms with E-state index in [2.05, 4.69) is 6.92 Å². The smallest absolute Gasteiger partial charge is 0.254 e. The van der Waals surface area contributed by atoms with E-state index < -0.39 is 0 Å². The first-order valence-corrected chi connectivity index (χ1v) is 9.98. The van der Waals surface area contributed by atoms with Crippen LogP contribution in [0, 0.1) is 6.92 Å². The maximum atomic E-state index is 13.0. The molecule has 3 aromatic rings. The van der Waals surface area contributed by atoms with E-state index in [-0.39, 0.29) is 5.91 Å². The normalized spacial score (nSPS) is 13.1. The van der Waals surface area contributed by atoms with Crippen molar-refractivity contribution < 1.29 is 9.53 Å². The zero-order chi connectivity index (χ0) is 20.4. The average Bonchev–Trinajstić information content (AvgIpc) is 2.78. The van der Waals surface area contributed by atoms with Crippen molar-refractivity contribution in [3.63, 3.8) is 0 Å². The lowest BCUT2D eigenvalue weighted by atomic mass is 9.98. The van der Waals surface area contributed by atoms with Crippen molar-refractivity contribution in [2.24, 2.45) is 0 Å². The number of nitrogens with zero attached hydrogens (tertiary/aromatic N) is 3. The summed E-state index contributed by atoms with van der Waals surface area (Å²) in [4.78, 5) is 24.5. The molecule has 0 aliphatic carbocycles. The van der Waals surface area contributed by atoms with Gasteiger partial charge in [-0.2, -0.15) is 0 Å². The topological polar surface area (TPSA) is 55.3 Å². The quantitative estimate of drug-likeness (QED) is 0.673. The Balaban J connectivity index is 1.70. The summed E-state index contributed by atoms with van der Waals surface area (Å²) in [5.74, 6) is 1.70. The first-order chi connectivity index (χ1) is 14.1. The molecule has 0 spiro atoms. The van der Waals surface area contributed by atoms with Crippen LogP contribution in [0.25, 0.3) is 11.3 Å². The van der Waals surface area contributed by atoms with Gasteiger partial charge in [-0.1, -0.05) is 24.6 Å². The molecule has 2 aromatic carbocycles. The highest BCUT2D eigenvalue weighted by molar-refractivity contribution is 5.94. The Bertz CT molecular complexity index is 1030. The van der Waals surface area contributed by atoms with Gasteiger partial charge in [0.25, 0.3) is 5.91 Å². The van der Waals surface area contributed by atoms with Gasteiger partial charge in [0.2, 0.25) is 0 Å². The maximum Gasteiger partial charge on any atom is 0.254 e. The number of hydrogen-bond donors (Lipinski definition) is 0. The van der Waals surface area contributed by atoms with Crippen molar-refractivity contribution in [3.05, 3.63) is 76.7 Å². The Labute approximate surface area is 171 Å². The highest BCUT2D eigenvalue weighted by atomic mass is 16.5. The van der Waals surface area contributed by atoms with Gasteiger partial charge in [0.05, 0.1) is 18.5 Å². The highest BCUT2D eigenvalue weighted by Crippen LogP contribution is 2.30. The largest absolute Gasteiger partial charge is 0.497 e. The number of hydrogen-bond acceptors (Lipinski definition) is 4. The first kappa shape index (κ1) is 19.1. The van der Waals surface area contributed by atoms with Crippen molar-refractivity contribution >= 4 is 5.91 Å². The highest BCUT2D eigenvalue weighted by Gasteiger charge is 2.26. The Morgan fingerprint density at radius 1 is 1.07 bits per heavy atom. The Kier molecular flexibility index (Phi) is 5.30. The second-order valence-electron chi connectivity index (χ2n) is 7.34. The summed E-state index contributed by atoms with van der Waals surface area (Å²) < 4.78 is 5.28. The SMILES string of the molecule is CCc1nc2c(c(-c3ccc(OC)cc3)n1)CN(C(=O)c1ccc(C)cc1)CC2. The monoisotopic (exact) mass is 387 g/mol. The van der Waals surface area contributed by atoms with Crippen molar-refractivity contribution in [1.82, 2.24) is 14.9 Å². The third-order valence-electron chi connectivity index (χ3n) is 5.37. The van der Waals surface area contributed by atoms with Crippen LogP contribution < -0.4 is 4.74 Å². The van der Waals surface area contributed by atoms with Gasteiger partial charge in [0.1, 0.15) is 11.6 Å². The molecule has 0 saturated heterocycles. The summed E-state index contributed by atoms with van der Waals surface area (Å²) in [6, 6.07) is 15.7. The summed E-state index contributed by atoms with van der Waals surface area (Å²) in [5, 5.41) is 0. The van der Waals surface area contributed by atoms with Gasteiger partial charge >= 0.3 is 0 Å². The average molecular weight is 387 g/mol. The maximum absolute atomic E-state index is 13.0. The van der Waals surface area contributed by atoms with Crippen molar-refractivity contribution in [3.8, 4) is 17.0 Å². The minimum absolute atomic E-state index is 0.0518. The summed E-state index contributed by atoms with van der Waals surface area (Å²) in [5.41, 5.74) is 5.89. The van der Waals surface area contributed by atoms with Crippen LogP contribution in [0.3, 0.4) is 0 Å². The zero-order valence-electron chi connectivity index (χ0n) is 17.1. The fourth-order valence-corrected chi connectivity index (χ4v) is 3.66. The van der Waals surface area contributed by atoms with E-state index >= 15 is 0 Å². The summed E-state index contributed by atoms with van der Waals surface area (Å²) >= 11 is 0. The van der Waals surface area contributed by atoms with E-state index in [9.17, 15) is 4.79 Å². The summed E-state index contributed by atoms with van der Waals surface area (Å²) in [6.07, 6.45) is 1.52. The molecule has 0 atom stereocenters. The van der Waals surface area contributed by atoms with Gasteiger partial charge in [-0.25, -0.2) is 9.97 Å². The number of methoxy groups -OCH3 is 1. The number of fused-ring (bicyclic) bond motifs is 1. The lowest BCUT2D eigenvalue weighted by molar-refractivity contribution is 0.0733. The number of benzene rings is 2. The molecule has 4 rings (SSSR count). The van der Waals surface area contributed by atoms with Gasteiger partial charge in [-0.15, -0.1) is 0 Å². The molecular weight excluding hydrogens is 362 g/mol. The molecule has 1 aliphatic rings. The summed E-state index contributed by atoms with van der Waals surface area (Å²) in [6.45, 7) is 5.28. The van der Waals surface area contributed by atoms with E-state index in [4.69, 9.17) is 14.7 Å². The van der Waals surface area contributed by atoms with Crippen LogP contribution in [0.2, 0.25) is 0 Å². The van der Waals surface area contributed by atoms with Crippen LogP contribution in [0.4, 0.5) is 0 Å². The standard InChI is InChI=1S/C24H25N3O2/c1-4-22-25-21-13-14-27(24(28)18-7-5-16(2)6-8-18)15-20(21)23(26-22)17-9-11-19(29-3)12-10-17/h5-12H,4,13-15H2,1-3H3. The molecule has 0 radical (unpaired) electrons. The van der Waals surface area contributed by atoms with Crippen molar-refractivity contribution in [2.75, 3.05) is 13.7 Å². The molecule has 0 unspecified atom stereocenters. The van der Waals surface area contributed by atoms with Crippen molar-refractivity contribution in [1.29, 1.82) is 0 Å². The minimum Gasteiger partial charge on any atom is -0.497 e. The number of aromatic nitrogens is 2. The predicted molar refractivity (Wildman–Crippen MR) is 113 cm³/mol. The molecule has 0 N–H and O–H groups in total. The lowest BCUT2D eigenvalue weighted by Crippen LogP contribution is -2.37. The number of carbonyl (C=O) groups excluding carboxylic acids is 1. The number of amides is 1. The number of carbonyl (C=O) groups is 1. The summed E-state index contributed by atoms with van der Waals surface area (Å²) in [7, 11) is 1.66. The second-order valence-corrected chi connectivity index (χ2v) is 7.34. The Morgan fingerprint density at radius 3 is 2.45 bits per heavy atom. The molecule has 148 valence electrons. The second kappa shape index (κ2) is 8.03. The predicted octanol–water partition coefficient (Wildman–Crippen LogP) is 4.22. The molecule has 1 aliphatic heterocycles. The molecule has 0 bridgehead atoms. The van der Waals surface area contributed by atoms with E-state index in [1.54, 1.807) is 7.11 Å². The molecule has 5 nitrogen and oxygen atoms in total. The van der Waals surface area contributed by atoms with Crippen LogP contribution in [0.15, 0.2) is 48.5 Å². The Hall–Kier alpha value is -3.21. The van der Waals surface area contributed by atoms with Crippen LogP contribution in [-0.2, 0) is 19.4 Å². The molecule has 1 aromatic heterocycles. The van der Waals surface area contributed by atoms with Crippen LogP contribution in [-0.4, -0.2) is 34.4 Å². The van der Waals surface area contributed by atoms with E-state index in [1.807, 2.05) is 60.4 Å². The molecule has 0 fully saturated rings. The molecule has 29 heavy (non-hydrogen) atoms. The zero-order valence-corrected chi connectivity index (χ0v) is 17.1. The van der Waals surface area contributed by atoms with Gasteiger partial charge in [0, 0.05) is 42.6 Å². The number of rotatable bonds is 4. The molecule has 0 saturated carbocycles. The van der Waals surface area contributed by atoms with E-state index in [1.165, 1.54) is 0 Å². The molecular formula is C24H25N3O2. The van der Waals surface area contributed by atoms with E-state index in [0.29, 0.717) is 13.1 Å². The lowest BCUT2D eigenvalue weighted by Gasteiger charge is -2.30. The van der Waals surface area contributed by atoms with Crippen LogP contribution >= 0.6 is 0 Å². The van der Waals surface area contributed by atoms with Gasteiger partial charge < -0.3 is 9.64 Å². The van der Waals surface area contributed by atoms with Crippen molar-refractivity contribution in [2.45, 2.75) is 33.2 Å². The fourth-order valence-electron chi connectivity index (χ4n) is 3.66. The third-order valence-corrected chi connectivity index (χ3v) is 5.37. The molecule has 2 heterocycles. The number of aryl methyl sites for hydroxylation is 2. The van der Waals surface area contributed by atoms with Crippen LogP contribution in [0.5, 0.6) is 5.75 Å². The van der Waals surface area contributed by atoms with Gasteiger partial charge in [-0.05, 0) is 43.3 Å². The third kappa shape index (κ3) is 3.86. The fraction of sp³-hybridized carbons (Fsp3) is 0.292. The molecule has 5 heteroatoms. The number of ether oxygens (including phenoxy) is 1. The van der Waals surface area contributed by atoms with E-state index in [0.717, 1.165) is 58.1 Å². The van der Waals surface area contributed by atoms with Gasteiger partial charge in [0.15, 0.2) is 0 Å². The van der Waals surface area contributed by atoms with Gasteiger partial charge in [-0.3, -0.25) is 4.79 Å². The van der Waals surface area contributed by atoms with Crippen LogP contribution in [0.1, 0.15) is 39.9 Å². The first-order valence-electron chi connectivity index (χ1n) is 9.98. The Morgan fingerprint density at radius 2 is 1.79 bits per heavy atom. The molecule has 1 amide bonds.